The summed E-state index contributed by atoms with van der Waals surface area (Å²) in [4.78, 5) is 0. The Bertz CT molecular complexity index is 368. The standard InChI is InChI=1S/C16H25N/c1-12(2)10-16(17-3)15-9-8-13-6-4-5-7-14(13)11-15/h8-9,11-12,16-17H,4-7,10H2,1-3H3. The van der Waals surface area contributed by atoms with E-state index in [1.165, 1.54) is 37.7 Å². The number of hydrogen-bond donors (Lipinski definition) is 1. The Balaban J connectivity index is 2.19. The van der Waals surface area contributed by atoms with E-state index in [0.717, 1.165) is 5.92 Å². The molecule has 17 heavy (non-hydrogen) atoms. The number of benzene rings is 1. The van der Waals surface area contributed by atoms with Crippen molar-refractivity contribution in [1.82, 2.24) is 5.32 Å². The predicted octanol–water partition coefficient (Wildman–Crippen LogP) is 3.87. The zero-order valence-electron chi connectivity index (χ0n) is 11.4. The van der Waals surface area contributed by atoms with Crippen LogP contribution in [0.15, 0.2) is 18.2 Å². The Morgan fingerprint density at radius 1 is 1.12 bits per heavy atom. The highest BCUT2D eigenvalue weighted by Crippen LogP contribution is 2.27. The molecule has 0 bridgehead atoms. The summed E-state index contributed by atoms with van der Waals surface area (Å²) in [5, 5.41) is 3.46. The van der Waals surface area contributed by atoms with Crippen LogP contribution in [0.4, 0.5) is 0 Å². The van der Waals surface area contributed by atoms with Crippen LogP contribution in [0.3, 0.4) is 0 Å². The van der Waals surface area contributed by atoms with Crippen LogP contribution in [0.25, 0.3) is 0 Å². The smallest absolute Gasteiger partial charge is 0.0320 e. The number of nitrogens with one attached hydrogen (secondary N) is 1. The van der Waals surface area contributed by atoms with Gasteiger partial charge in [0, 0.05) is 6.04 Å². The SMILES string of the molecule is CNC(CC(C)C)c1ccc2c(c1)CCCC2. The summed E-state index contributed by atoms with van der Waals surface area (Å²) in [6.07, 6.45) is 6.51. The summed E-state index contributed by atoms with van der Waals surface area (Å²) in [6.45, 7) is 4.59. The molecule has 0 aliphatic heterocycles. The van der Waals surface area contributed by atoms with Crippen molar-refractivity contribution in [3.8, 4) is 0 Å². The van der Waals surface area contributed by atoms with Crippen LogP contribution >= 0.6 is 0 Å². The summed E-state index contributed by atoms with van der Waals surface area (Å²) in [5.41, 5.74) is 4.65. The first-order chi connectivity index (χ1) is 8.20. The first-order valence-electron chi connectivity index (χ1n) is 6.99. The third-order valence-electron chi connectivity index (χ3n) is 3.83. The fraction of sp³-hybridized carbons (Fsp3) is 0.625. The molecular weight excluding hydrogens is 206 g/mol. The van der Waals surface area contributed by atoms with Gasteiger partial charge in [0.15, 0.2) is 0 Å². The molecular formula is C16H25N. The highest BCUT2D eigenvalue weighted by atomic mass is 14.9. The Morgan fingerprint density at radius 3 is 2.47 bits per heavy atom. The molecule has 0 amide bonds. The Kier molecular flexibility index (Phi) is 4.22. The molecule has 1 N–H and O–H groups in total. The van der Waals surface area contributed by atoms with E-state index >= 15 is 0 Å². The summed E-state index contributed by atoms with van der Waals surface area (Å²) in [7, 11) is 2.08. The molecule has 0 heterocycles. The monoisotopic (exact) mass is 231 g/mol. The molecule has 0 saturated carbocycles. The molecule has 2 rings (SSSR count). The maximum atomic E-state index is 3.46. The van der Waals surface area contributed by atoms with Gasteiger partial charge in [0.25, 0.3) is 0 Å². The molecule has 1 atom stereocenters. The molecule has 1 aliphatic carbocycles. The lowest BCUT2D eigenvalue weighted by molar-refractivity contribution is 0.456. The minimum absolute atomic E-state index is 0.516. The van der Waals surface area contributed by atoms with Gasteiger partial charge in [0.1, 0.15) is 0 Å². The average Bonchev–Trinajstić information content (AvgIpc) is 2.35. The molecule has 0 spiro atoms. The summed E-state index contributed by atoms with van der Waals surface area (Å²) in [5.74, 6) is 0.739. The number of fused-ring (bicyclic) bond motifs is 1. The molecule has 1 aromatic rings. The lowest BCUT2D eigenvalue weighted by atomic mass is 9.88. The molecule has 1 nitrogen and oxygen atoms in total. The van der Waals surface area contributed by atoms with Crippen molar-refractivity contribution in [2.24, 2.45) is 5.92 Å². The van der Waals surface area contributed by atoms with Gasteiger partial charge in [-0.3, -0.25) is 0 Å². The van der Waals surface area contributed by atoms with Crippen LogP contribution in [0.2, 0.25) is 0 Å². The molecule has 1 unspecified atom stereocenters. The van der Waals surface area contributed by atoms with Crippen LogP contribution in [-0.2, 0) is 12.8 Å². The van der Waals surface area contributed by atoms with Gasteiger partial charge in [0.05, 0.1) is 0 Å². The summed E-state index contributed by atoms with van der Waals surface area (Å²) >= 11 is 0. The van der Waals surface area contributed by atoms with Gasteiger partial charge >= 0.3 is 0 Å². The normalized spacial score (nSPS) is 16.9. The quantitative estimate of drug-likeness (QED) is 0.829. The van der Waals surface area contributed by atoms with E-state index in [-0.39, 0.29) is 0 Å². The molecule has 1 aliphatic rings. The topological polar surface area (TPSA) is 12.0 Å². The maximum absolute atomic E-state index is 3.46. The molecule has 0 aromatic heterocycles. The second kappa shape index (κ2) is 5.68. The van der Waals surface area contributed by atoms with Crippen LogP contribution < -0.4 is 5.32 Å². The fourth-order valence-corrected chi connectivity index (χ4v) is 2.86. The van der Waals surface area contributed by atoms with E-state index in [2.05, 4.69) is 44.4 Å². The molecule has 0 fully saturated rings. The molecule has 0 radical (unpaired) electrons. The molecule has 0 saturated heterocycles. The van der Waals surface area contributed by atoms with Crippen molar-refractivity contribution in [3.05, 3.63) is 34.9 Å². The van der Waals surface area contributed by atoms with Crippen LogP contribution in [0.1, 0.15) is 55.8 Å². The van der Waals surface area contributed by atoms with Crippen molar-refractivity contribution < 1.29 is 0 Å². The first-order valence-corrected chi connectivity index (χ1v) is 6.99. The largest absolute Gasteiger partial charge is 0.313 e. The van der Waals surface area contributed by atoms with Crippen LogP contribution in [-0.4, -0.2) is 7.05 Å². The zero-order valence-corrected chi connectivity index (χ0v) is 11.4. The third kappa shape index (κ3) is 3.10. The van der Waals surface area contributed by atoms with Crippen LogP contribution in [0.5, 0.6) is 0 Å². The summed E-state index contributed by atoms with van der Waals surface area (Å²) < 4.78 is 0. The Hall–Kier alpha value is -0.820. The Morgan fingerprint density at radius 2 is 1.82 bits per heavy atom. The van der Waals surface area contributed by atoms with Gasteiger partial charge in [-0.2, -0.15) is 0 Å². The van der Waals surface area contributed by atoms with Gasteiger partial charge < -0.3 is 5.32 Å². The van der Waals surface area contributed by atoms with Crippen LogP contribution in [0, 0.1) is 5.92 Å². The zero-order chi connectivity index (χ0) is 12.3. The van der Waals surface area contributed by atoms with E-state index in [1.807, 2.05) is 0 Å². The number of aryl methyl sites for hydroxylation is 2. The van der Waals surface area contributed by atoms with Crippen molar-refractivity contribution in [2.75, 3.05) is 7.05 Å². The number of rotatable bonds is 4. The molecule has 1 heteroatoms. The second-order valence-electron chi connectivity index (χ2n) is 5.71. The lowest BCUT2D eigenvalue weighted by Crippen LogP contribution is -2.19. The first kappa shape index (κ1) is 12.6. The lowest BCUT2D eigenvalue weighted by Gasteiger charge is -2.22. The summed E-state index contributed by atoms with van der Waals surface area (Å²) in [6, 6.07) is 7.64. The van der Waals surface area contributed by atoms with E-state index < -0.39 is 0 Å². The van der Waals surface area contributed by atoms with E-state index in [9.17, 15) is 0 Å². The van der Waals surface area contributed by atoms with Gasteiger partial charge in [-0.05, 0) is 61.8 Å². The predicted molar refractivity (Wildman–Crippen MR) is 74.3 cm³/mol. The fourth-order valence-electron chi connectivity index (χ4n) is 2.86. The third-order valence-corrected chi connectivity index (χ3v) is 3.83. The maximum Gasteiger partial charge on any atom is 0.0320 e. The minimum Gasteiger partial charge on any atom is -0.313 e. The van der Waals surface area contributed by atoms with Gasteiger partial charge in [-0.25, -0.2) is 0 Å². The van der Waals surface area contributed by atoms with E-state index in [0.29, 0.717) is 6.04 Å². The van der Waals surface area contributed by atoms with Gasteiger partial charge in [-0.15, -0.1) is 0 Å². The Labute approximate surface area is 106 Å². The van der Waals surface area contributed by atoms with E-state index in [4.69, 9.17) is 0 Å². The van der Waals surface area contributed by atoms with Crippen molar-refractivity contribution in [2.45, 2.75) is 52.0 Å². The van der Waals surface area contributed by atoms with E-state index in [1.54, 1.807) is 11.1 Å². The minimum atomic E-state index is 0.516. The highest BCUT2D eigenvalue weighted by molar-refractivity contribution is 5.35. The van der Waals surface area contributed by atoms with Gasteiger partial charge in [-0.1, -0.05) is 32.0 Å². The van der Waals surface area contributed by atoms with Crippen molar-refractivity contribution in [1.29, 1.82) is 0 Å². The number of hydrogen-bond acceptors (Lipinski definition) is 1. The van der Waals surface area contributed by atoms with Crippen molar-refractivity contribution in [3.63, 3.8) is 0 Å². The van der Waals surface area contributed by atoms with Crippen molar-refractivity contribution >= 4 is 0 Å². The van der Waals surface area contributed by atoms with Gasteiger partial charge in [0.2, 0.25) is 0 Å². The average molecular weight is 231 g/mol. The highest BCUT2D eigenvalue weighted by Gasteiger charge is 2.14. The second-order valence-corrected chi connectivity index (χ2v) is 5.71. The molecule has 94 valence electrons. The molecule has 1 aromatic carbocycles.